The lowest BCUT2D eigenvalue weighted by molar-refractivity contribution is -0.367. The van der Waals surface area contributed by atoms with Crippen LogP contribution in [0.2, 0.25) is 0 Å². The number of phenols is 2. The molecule has 0 bridgehead atoms. The highest BCUT2D eigenvalue weighted by molar-refractivity contribution is 5.87. The Kier molecular flexibility index (Phi) is 12.3. The van der Waals surface area contributed by atoms with Crippen molar-refractivity contribution in [3.8, 4) is 11.5 Å². The van der Waals surface area contributed by atoms with Crippen molar-refractivity contribution in [3.63, 3.8) is 0 Å². The Labute approximate surface area is 260 Å². The number of aromatic hydroxyl groups is 2. The lowest BCUT2D eigenvalue weighted by Crippen LogP contribution is -2.65. The molecule has 3 fully saturated rings. The van der Waals surface area contributed by atoms with Crippen LogP contribution in [-0.4, -0.2) is 179 Å². The molecule has 1 aromatic rings. The number of aliphatic hydroxyl groups is 10. The molecule has 0 unspecified atom stereocenters. The van der Waals surface area contributed by atoms with Crippen molar-refractivity contribution in [2.45, 2.75) is 92.1 Å². The third kappa shape index (κ3) is 7.93. The molecule has 0 saturated carbocycles. The summed E-state index contributed by atoms with van der Waals surface area (Å²) < 4.78 is 32.4. The number of rotatable bonds is 10. The highest BCUT2D eigenvalue weighted by atomic mass is 16.8. The van der Waals surface area contributed by atoms with Crippen molar-refractivity contribution >= 4 is 12.0 Å². The summed E-state index contributed by atoms with van der Waals surface area (Å²) in [5, 5.41) is 121. The maximum atomic E-state index is 12.8. The molecule has 3 aliphatic heterocycles. The first-order chi connectivity index (χ1) is 21.8. The number of carbonyl (C=O) groups is 1. The molecule has 0 aromatic heterocycles. The van der Waals surface area contributed by atoms with E-state index in [0.29, 0.717) is 0 Å². The van der Waals surface area contributed by atoms with Crippen LogP contribution in [0.5, 0.6) is 11.5 Å². The normalized spacial score (nSPS) is 41.8. The van der Waals surface area contributed by atoms with Crippen LogP contribution < -0.4 is 0 Å². The van der Waals surface area contributed by atoms with E-state index in [1.165, 1.54) is 12.1 Å². The van der Waals surface area contributed by atoms with Crippen LogP contribution in [-0.2, 0) is 33.2 Å². The number of carbonyl (C=O) groups excluding carboxylic acids is 1. The van der Waals surface area contributed by atoms with E-state index >= 15 is 0 Å². The fourth-order valence-electron chi connectivity index (χ4n) is 4.97. The second-order valence-corrected chi connectivity index (χ2v) is 10.9. The van der Waals surface area contributed by atoms with E-state index in [9.17, 15) is 66.1 Å². The molecule has 12 N–H and O–H groups in total. The molecule has 0 spiro atoms. The number of hydrogen-bond acceptors (Lipinski definition) is 19. The van der Waals surface area contributed by atoms with E-state index in [-0.39, 0.29) is 5.56 Å². The van der Waals surface area contributed by atoms with E-state index in [1.807, 2.05) is 0 Å². The van der Waals surface area contributed by atoms with Crippen LogP contribution in [0.1, 0.15) is 5.56 Å². The highest BCUT2D eigenvalue weighted by Gasteiger charge is 2.52. The van der Waals surface area contributed by atoms with Gasteiger partial charge in [0.15, 0.2) is 30.2 Å². The fourth-order valence-corrected chi connectivity index (χ4v) is 4.97. The number of benzene rings is 1. The monoisotopic (exact) mass is 666 g/mol. The molecule has 3 saturated heterocycles. The number of esters is 1. The standard InChI is InChI=1S/C27H38O19/c28-6-12-16(33)19(36)22(39)25(42-12)41-8-14-18(35)21(38)24(46-26-23(40)20(37)17(34)13(7-29)43-26)27(44-14)45-15(32)4-2-9-1-3-10(30)11(31)5-9/h1-5,12-14,16-31,33-40H,6-8H2/b4-2+/t12-,13-,14-,16-,17-,18-,19+,20+,21+,22-,23-,24-,25-,26+,27+/m1/s1. The SMILES string of the molecule is O=C(/C=C/c1ccc(O)c(O)c1)O[C@@H]1O[C@H](CO[C@@H]2O[C@H](CO)[C@@H](O)[C@H](O)[C@H]2O)[C@@H](O)[C@H](O)[C@H]1O[C@@H]1O[C@H](CO)[C@@H](O)[C@H](O)[C@H]1O. The Bertz CT molecular complexity index is 1180. The quantitative estimate of drug-likeness (QED) is 0.0628. The van der Waals surface area contributed by atoms with Crippen molar-refractivity contribution in [1.29, 1.82) is 0 Å². The van der Waals surface area contributed by atoms with Gasteiger partial charge < -0.3 is 89.7 Å². The van der Waals surface area contributed by atoms with Gasteiger partial charge in [0.25, 0.3) is 0 Å². The molecule has 0 aliphatic carbocycles. The molecule has 0 radical (unpaired) electrons. The van der Waals surface area contributed by atoms with Gasteiger partial charge in [-0.3, -0.25) is 0 Å². The number of hydrogen-bond donors (Lipinski definition) is 12. The third-order valence-corrected chi connectivity index (χ3v) is 7.70. The lowest BCUT2D eigenvalue weighted by atomic mass is 9.97. The van der Waals surface area contributed by atoms with Crippen LogP contribution in [0.25, 0.3) is 6.08 Å². The second kappa shape index (κ2) is 15.6. The summed E-state index contributed by atoms with van der Waals surface area (Å²) in [6, 6.07) is 3.65. The van der Waals surface area contributed by atoms with Gasteiger partial charge in [-0.25, -0.2) is 4.79 Å². The predicted molar refractivity (Wildman–Crippen MR) is 144 cm³/mol. The first-order valence-corrected chi connectivity index (χ1v) is 14.1. The minimum Gasteiger partial charge on any atom is -0.504 e. The highest BCUT2D eigenvalue weighted by Crippen LogP contribution is 2.31. The number of phenolic OH excluding ortho intramolecular Hbond substituents is 2. The molecule has 0 amide bonds. The second-order valence-electron chi connectivity index (χ2n) is 10.9. The van der Waals surface area contributed by atoms with Crippen LogP contribution in [0.3, 0.4) is 0 Å². The van der Waals surface area contributed by atoms with Gasteiger partial charge in [-0.15, -0.1) is 0 Å². The van der Waals surface area contributed by atoms with Crippen LogP contribution in [0.4, 0.5) is 0 Å². The molecular formula is C27H38O19. The van der Waals surface area contributed by atoms with E-state index < -0.39 is 129 Å². The molecule has 19 heteroatoms. The van der Waals surface area contributed by atoms with E-state index in [1.54, 1.807) is 0 Å². The van der Waals surface area contributed by atoms with Gasteiger partial charge >= 0.3 is 5.97 Å². The van der Waals surface area contributed by atoms with Crippen molar-refractivity contribution in [1.82, 2.24) is 0 Å². The maximum Gasteiger partial charge on any atom is 0.333 e. The van der Waals surface area contributed by atoms with Gasteiger partial charge in [0, 0.05) is 6.08 Å². The molecule has 3 aliphatic rings. The fraction of sp³-hybridized carbons (Fsp3) is 0.667. The first-order valence-electron chi connectivity index (χ1n) is 14.1. The average molecular weight is 667 g/mol. The van der Waals surface area contributed by atoms with Gasteiger partial charge in [-0.2, -0.15) is 0 Å². The van der Waals surface area contributed by atoms with Crippen molar-refractivity contribution in [2.24, 2.45) is 0 Å². The number of ether oxygens (including phenoxy) is 6. The Morgan fingerprint density at radius 1 is 0.674 bits per heavy atom. The summed E-state index contributed by atoms with van der Waals surface area (Å²) in [6.07, 6.45) is -24.3. The molecule has 15 atom stereocenters. The Balaban J connectivity index is 1.52. The molecule has 4 rings (SSSR count). The smallest absolute Gasteiger partial charge is 0.333 e. The molecule has 46 heavy (non-hydrogen) atoms. The van der Waals surface area contributed by atoms with E-state index in [2.05, 4.69) is 0 Å². The van der Waals surface area contributed by atoms with Crippen molar-refractivity contribution in [2.75, 3.05) is 19.8 Å². The van der Waals surface area contributed by atoms with Gasteiger partial charge in [0.2, 0.25) is 6.29 Å². The number of aliphatic hydroxyl groups excluding tert-OH is 10. The molecule has 260 valence electrons. The Hall–Kier alpha value is -2.57. The Morgan fingerprint density at radius 2 is 1.22 bits per heavy atom. The minimum atomic E-state index is -2.00. The average Bonchev–Trinajstić information content (AvgIpc) is 3.03. The summed E-state index contributed by atoms with van der Waals surface area (Å²) in [6.45, 7) is -2.27. The lowest BCUT2D eigenvalue weighted by Gasteiger charge is -2.46. The summed E-state index contributed by atoms with van der Waals surface area (Å²) in [4.78, 5) is 12.8. The molecule has 1 aromatic carbocycles. The van der Waals surface area contributed by atoms with Crippen molar-refractivity contribution < 1.29 is 94.5 Å². The summed E-state index contributed by atoms with van der Waals surface area (Å²) in [7, 11) is 0. The molecule has 19 nitrogen and oxygen atoms in total. The maximum absolute atomic E-state index is 12.8. The zero-order chi connectivity index (χ0) is 33.9. The molecular weight excluding hydrogens is 628 g/mol. The topological polar surface area (TPSA) is 315 Å². The zero-order valence-electron chi connectivity index (χ0n) is 23.9. The summed E-state index contributed by atoms with van der Waals surface area (Å²) >= 11 is 0. The third-order valence-electron chi connectivity index (χ3n) is 7.70. The van der Waals surface area contributed by atoms with Crippen LogP contribution >= 0.6 is 0 Å². The van der Waals surface area contributed by atoms with E-state index in [0.717, 1.165) is 18.2 Å². The zero-order valence-corrected chi connectivity index (χ0v) is 23.9. The van der Waals surface area contributed by atoms with Gasteiger partial charge in [0.05, 0.1) is 19.8 Å². The van der Waals surface area contributed by atoms with E-state index in [4.69, 9.17) is 28.4 Å². The van der Waals surface area contributed by atoms with Crippen LogP contribution in [0.15, 0.2) is 24.3 Å². The minimum absolute atomic E-state index is 0.257. The molecule has 3 heterocycles. The van der Waals surface area contributed by atoms with Gasteiger partial charge in [0.1, 0.15) is 67.1 Å². The van der Waals surface area contributed by atoms with Gasteiger partial charge in [-0.05, 0) is 23.8 Å². The first kappa shape index (κ1) is 36.3. The van der Waals surface area contributed by atoms with Crippen molar-refractivity contribution in [3.05, 3.63) is 29.8 Å². The van der Waals surface area contributed by atoms with Gasteiger partial charge in [-0.1, -0.05) is 6.07 Å². The Morgan fingerprint density at radius 3 is 1.80 bits per heavy atom. The largest absolute Gasteiger partial charge is 0.504 e. The summed E-state index contributed by atoms with van der Waals surface area (Å²) in [5.41, 5.74) is 0.257. The van der Waals surface area contributed by atoms with Crippen LogP contribution in [0, 0.1) is 0 Å². The summed E-state index contributed by atoms with van der Waals surface area (Å²) in [5.74, 6) is -2.01. The predicted octanol–water partition coefficient (Wildman–Crippen LogP) is -5.90.